The normalized spacial score (nSPS) is 12.4. The highest BCUT2D eigenvalue weighted by molar-refractivity contribution is 8.00. The lowest BCUT2D eigenvalue weighted by Gasteiger charge is -2.17. The molecule has 5 heteroatoms. The van der Waals surface area contributed by atoms with Crippen molar-refractivity contribution in [2.45, 2.75) is 31.7 Å². The Morgan fingerprint density at radius 3 is 2.74 bits per heavy atom. The van der Waals surface area contributed by atoms with Gasteiger partial charge in [0, 0.05) is 34.0 Å². The molecule has 1 heterocycles. The van der Waals surface area contributed by atoms with E-state index in [1.165, 1.54) is 11.8 Å². The topological polar surface area (TPSA) is 31.2 Å². The Bertz CT molecular complexity index is 696. The van der Waals surface area contributed by atoms with E-state index in [9.17, 15) is 4.79 Å². The third kappa shape index (κ3) is 4.40. The number of nitrogens with zero attached hydrogens (tertiary/aromatic N) is 1. The molecule has 0 fully saturated rings. The Hall–Kier alpha value is -1.23. The van der Waals surface area contributed by atoms with Gasteiger partial charge in [-0.15, -0.1) is 11.8 Å². The highest BCUT2D eigenvalue weighted by Gasteiger charge is 2.18. The van der Waals surface area contributed by atoms with E-state index >= 15 is 0 Å². The standard InChI is InChI=1S/C18H22ClNO2S/c1-12-8-17(14(3)20(12)13(2)10-22-4)18(21)11-23-16-7-5-6-15(19)9-16/h5-9,13H,10-11H2,1-4H3. The summed E-state index contributed by atoms with van der Waals surface area (Å²) in [6.45, 7) is 6.75. The molecule has 0 amide bonds. The van der Waals surface area contributed by atoms with Crippen LogP contribution in [0.5, 0.6) is 0 Å². The maximum atomic E-state index is 12.6. The SMILES string of the molecule is COCC(C)n1c(C)cc(C(=O)CSc2cccc(Cl)c2)c1C. The van der Waals surface area contributed by atoms with Crippen LogP contribution in [0.15, 0.2) is 35.2 Å². The van der Waals surface area contributed by atoms with Gasteiger partial charge in [0.05, 0.1) is 18.4 Å². The summed E-state index contributed by atoms with van der Waals surface area (Å²) in [7, 11) is 1.69. The molecule has 0 saturated heterocycles. The zero-order chi connectivity index (χ0) is 17.0. The van der Waals surface area contributed by atoms with Crippen molar-refractivity contribution in [3.8, 4) is 0 Å². The molecule has 1 unspecified atom stereocenters. The van der Waals surface area contributed by atoms with Gasteiger partial charge in [0.15, 0.2) is 5.78 Å². The van der Waals surface area contributed by atoms with E-state index in [2.05, 4.69) is 11.5 Å². The monoisotopic (exact) mass is 351 g/mol. The Kier molecular flexibility index (Phi) is 6.33. The molecule has 0 aliphatic heterocycles. The lowest BCUT2D eigenvalue weighted by molar-refractivity contribution is 0.102. The molecule has 0 bridgehead atoms. The molecule has 0 aliphatic rings. The number of aryl methyl sites for hydroxylation is 1. The fraction of sp³-hybridized carbons (Fsp3) is 0.389. The van der Waals surface area contributed by atoms with Gasteiger partial charge >= 0.3 is 0 Å². The molecular formula is C18H22ClNO2S. The first-order chi connectivity index (χ1) is 10.9. The van der Waals surface area contributed by atoms with Crippen LogP contribution in [0.2, 0.25) is 5.02 Å². The van der Waals surface area contributed by atoms with E-state index in [1.807, 2.05) is 44.2 Å². The number of carbonyl (C=O) groups excluding carboxylic acids is 1. The van der Waals surface area contributed by atoms with Gasteiger partial charge in [0.1, 0.15) is 0 Å². The van der Waals surface area contributed by atoms with Gasteiger partial charge in [-0.3, -0.25) is 4.79 Å². The van der Waals surface area contributed by atoms with Crippen molar-refractivity contribution in [1.82, 2.24) is 4.57 Å². The van der Waals surface area contributed by atoms with Gasteiger partial charge in [-0.05, 0) is 45.0 Å². The van der Waals surface area contributed by atoms with Crippen LogP contribution >= 0.6 is 23.4 Å². The number of carbonyl (C=O) groups is 1. The minimum atomic E-state index is 0.138. The first-order valence-corrected chi connectivity index (χ1v) is 8.89. The molecule has 0 N–H and O–H groups in total. The van der Waals surface area contributed by atoms with Gasteiger partial charge in [-0.1, -0.05) is 17.7 Å². The summed E-state index contributed by atoms with van der Waals surface area (Å²) >= 11 is 7.49. The molecule has 3 nitrogen and oxygen atoms in total. The molecular weight excluding hydrogens is 330 g/mol. The van der Waals surface area contributed by atoms with E-state index in [0.717, 1.165) is 21.8 Å². The van der Waals surface area contributed by atoms with Crippen molar-refractivity contribution in [2.75, 3.05) is 19.5 Å². The summed E-state index contributed by atoms with van der Waals surface area (Å²) in [6.07, 6.45) is 0. The zero-order valence-corrected chi connectivity index (χ0v) is 15.5. The van der Waals surface area contributed by atoms with Crippen LogP contribution in [0.3, 0.4) is 0 Å². The largest absolute Gasteiger partial charge is 0.383 e. The number of ether oxygens (including phenoxy) is 1. The number of hydrogen-bond acceptors (Lipinski definition) is 3. The molecule has 0 radical (unpaired) electrons. The first-order valence-electron chi connectivity index (χ1n) is 7.53. The van der Waals surface area contributed by atoms with Crippen LogP contribution in [-0.4, -0.2) is 29.8 Å². The van der Waals surface area contributed by atoms with Crippen molar-refractivity contribution in [3.63, 3.8) is 0 Å². The second-order valence-electron chi connectivity index (χ2n) is 5.63. The molecule has 1 aromatic carbocycles. The predicted octanol–water partition coefficient (Wildman–Crippen LogP) is 4.94. The molecule has 23 heavy (non-hydrogen) atoms. The zero-order valence-electron chi connectivity index (χ0n) is 13.9. The lowest BCUT2D eigenvalue weighted by atomic mass is 10.2. The summed E-state index contributed by atoms with van der Waals surface area (Å²) in [6, 6.07) is 9.76. The Morgan fingerprint density at radius 1 is 1.35 bits per heavy atom. The van der Waals surface area contributed by atoms with Gasteiger partial charge in [-0.2, -0.15) is 0 Å². The van der Waals surface area contributed by atoms with E-state index in [-0.39, 0.29) is 11.8 Å². The van der Waals surface area contributed by atoms with Crippen molar-refractivity contribution in [1.29, 1.82) is 0 Å². The number of ketones is 1. The predicted molar refractivity (Wildman–Crippen MR) is 97.0 cm³/mol. The minimum Gasteiger partial charge on any atom is -0.383 e. The van der Waals surface area contributed by atoms with E-state index < -0.39 is 0 Å². The molecule has 1 atom stereocenters. The fourth-order valence-electron chi connectivity index (χ4n) is 2.84. The Morgan fingerprint density at radius 2 is 2.09 bits per heavy atom. The third-order valence-electron chi connectivity index (χ3n) is 3.80. The minimum absolute atomic E-state index is 0.138. The maximum absolute atomic E-state index is 12.6. The molecule has 0 saturated carbocycles. The van der Waals surface area contributed by atoms with Crippen molar-refractivity contribution >= 4 is 29.1 Å². The first kappa shape index (κ1) is 18.1. The number of aromatic nitrogens is 1. The van der Waals surface area contributed by atoms with Gasteiger partial charge in [0.2, 0.25) is 0 Å². The van der Waals surface area contributed by atoms with E-state index in [1.54, 1.807) is 7.11 Å². The quantitative estimate of drug-likeness (QED) is 0.523. The van der Waals surface area contributed by atoms with Crippen molar-refractivity contribution in [2.24, 2.45) is 0 Å². The number of Topliss-reactive ketones (excluding diaryl/α,β-unsaturated/α-hetero) is 1. The number of benzene rings is 1. The van der Waals surface area contributed by atoms with Crippen LogP contribution in [0.25, 0.3) is 0 Å². The molecule has 0 aliphatic carbocycles. The summed E-state index contributed by atoms with van der Waals surface area (Å²) in [5, 5.41) is 0.689. The average molecular weight is 352 g/mol. The van der Waals surface area contributed by atoms with Crippen molar-refractivity contribution < 1.29 is 9.53 Å². The smallest absolute Gasteiger partial charge is 0.174 e. The van der Waals surface area contributed by atoms with E-state index in [0.29, 0.717) is 17.4 Å². The number of thioether (sulfide) groups is 1. The summed E-state index contributed by atoms with van der Waals surface area (Å²) in [5.41, 5.74) is 2.88. The molecule has 2 aromatic rings. The second-order valence-corrected chi connectivity index (χ2v) is 7.11. The molecule has 124 valence electrons. The molecule has 2 rings (SSSR count). The highest BCUT2D eigenvalue weighted by Crippen LogP contribution is 2.25. The lowest BCUT2D eigenvalue weighted by Crippen LogP contribution is -2.14. The number of rotatable bonds is 7. The third-order valence-corrected chi connectivity index (χ3v) is 5.03. The Balaban J connectivity index is 2.12. The highest BCUT2D eigenvalue weighted by atomic mass is 35.5. The van der Waals surface area contributed by atoms with Crippen LogP contribution < -0.4 is 0 Å². The second kappa shape index (κ2) is 8.04. The summed E-state index contributed by atoms with van der Waals surface area (Å²) < 4.78 is 7.40. The Labute approximate surface area is 147 Å². The van der Waals surface area contributed by atoms with E-state index in [4.69, 9.17) is 16.3 Å². The van der Waals surface area contributed by atoms with Crippen LogP contribution in [0.4, 0.5) is 0 Å². The maximum Gasteiger partial charge on any atom is 0.174 e. The average Bonchev–Trinajstić information content (AvgIpc) is 2.80. The summed E-state index contributed by atoms with van der Waals surface area (Å²) in [4.78, 5) is 13.6. The number of methoxy groups -OCH3 is 1. The van der Waals surface area contributed by atoms with Crippen molar-refractivity contribution in [3.05, 3.63) is 52.3 Å². The molecule has 1 aromatic heterocycles. The van der Waals surface area contributed by atoms with Crippen LogP contribution in [0.1, 0.15) is 34.7 Å². The number of halogens is 1. The van der Waals surface area contributed by atoms with Crippen LogP contribution in [-0.2, 0) is 4.74 Å². The van der Waals surface area contributed by atoms with Gasteiger partial charge in [0.25, 0.3) is 0 Å². The number of hydrogen-bond donors (Lipinski definition) is 0. The fourth-order valence-corrected chi connectivity index (χ4v) is 3.93. The van der Waals surface area contributed by atoms with Crippen LogP contribution in [0, 0.1) is 13.8 Å². The molecule has 0 spiro atoms. The van der Waals surface area contributed by atoms with Gasteiger partial charge in [-0.25, -0.2) is 0 Å². The summed E-state index contributed by atoms with van der Waals surface area (Å²) in [5.74, 6) is 0.544. The van der Waals surface area contributed by atoms with Gasteiger partial charge < -0.3 is 9.30 Å².